The van der Waals surface area contributed by atoms with Gasteiger partial charge in [0.05, 0.1) is 0 Å². The van der Waals surface area contributed by atoms with Crippen LogP contribution in [0.15, 0.2) is 59.2 Å². The summed E-state index contributed by atoms with van der Waals surface area (Å²) in [5, 5.41) is 20.3. The minimum atomic E-state index is -1.42. The van der Waals surface area contributed by atoms with Gasteiger partial charge in [0.25, 0.3) is 0 Å². The summed E-state index contributed by atoms with van der Waals surface area (Å²) in [6.07, 6.45) is 4.52. The number of aliphatic hydroxyl groups is 1. The van der Waals surface area contributed by atoms with Crippen LogP contribution in [-0.2, 0) is 16.0 Å². The van der Waals surface area contributed by atoms with Gasteiger partial charge in [-0.05, 0) is 48.8 Å². The van der Waals surface area contributed by atoms with Crippen molar-refractivity contribution in [2.24, 2.45) is 5.41 Å². The van der Waals surface area contributed by atoms with Gasteiger partial charge in [-0.25, -0.2) is 9.18 Å². The van der Waals surface area contributed by atoms with E-state index in [0.29, 0.717) is 22.3 Å². The standard InChI is InChI=1S/C22H25FO4/c1-14(10-20(25)26)8-9-22(27)15(2)18(19(24)13-21(22,3)4)12-16-6-5-7-17(23)11-16/h5-11,27H,12-13H2,1-4H3,(H,25,26)/t22-/m1/s1. The van der Waals surface area contributed by atoms with Crippen molar-refractivity contribution >= 4 is 11.8 Å². The number of Topliss-reactive ketones (excluding diaryl/α,β-unsaturated/α-hetero) is 1. The van der Waals surface area contributed by atoms with Crippen LogP contribution in [0.25, 0.3) is 0 Å². The van der Waals surface area contributed by atoms with Crippen LogP contribution in [0.1, 0.15) is 39.7 Å². The fraction of sp³-hybridized carbons (Fsp3) is 0.364. The first kappa shape index (κ1) is 20.8. The van der Waals surface area contributed by atoms with Crippen molar-refractivity contribution in [1.82, 2.24) is 0 Å². The molecule has 1 aliphatic rings. The lowest BCUT2D eigenvalue weighted by atomic mass is 9.62. The molecule has 0 saturated carbocycles. The number of carboxylic acids is 1. The third-order valence-electron chi connectivity index (χ3n) is 5.20. The lowest BCUT2D eigenvalue weighted by Crippen LogP contribution is -2.49. The van der Waals surface area contributed by atoms with Crippen LogP contribution >= 0.6 is 0 Å². The van der Waals surface area contributed by atoms with Crippen molar-refractivity contribution < 1.29 is 24.2 Å². The number of carboxylic acid groups (broad SMARTS) is 1. The third-order valence-corrected chi connectivity index (χ3v) is 5.20. The minimum absolute atomic E-state index is 0.0716. The van der Waals surface area contributed by atoms with Crippen LogP contribution in [0, 0.1) is 11.2 Å². The molecule has 0 amide bonds. The molecule has 0 bridgehead atoms. The molecule has 2 rings (SSSR count). The predicted molar refractivity (Wildman–Crippen MR) is 102 cm³/mol. The zero-order valence-electron chi connectivity index (χ0n) is 16.0. The Morgan fingerprint density at radius 2 is 2.00 bits per heavy atom. The Labute approximate surface area is 158 Å². The predicted octanol–water partition coefficient (Wildman–Crippen LogP) is 4.00. The van der Waals surface area contributed by atoms with Gasteiger partial charge in [-0.2, -0.15) is 0 Å². The van der Waals surface area contributed by atoms with Gasteiger partial charge in [-0.15, -0.1) is 0 Å². The van der Waals surface area contributed by atoms with Crippen LogP contribution in [0.4, 0.5) is 4.39 Å². The number of halogens is 1. The molecule has 144 valence electrons. The van der Waals surface area contributed by atoms with Crippen molar-refractivity contribution in [1.29, 1.82) is 0 Å². The molecule has 1 atom stereocenters. The Kier molecular flexibility index (Phi) is 5.85. The SMILES string of the molecule is CC(C=C[C@@]1(O)C(C)=C(Cc2cccc(F)c2)C(=O)CC1(C)C)=CC(=O)O. The number of aliphatic carboxylic acids is 1. The second-order valence-corrected chi connectivity index (χ2v) is 7.72. The lowest BCUT2D eigenvalue weighted by molar-refractivity contribution is -0.131. The molecule has 5 heteroatoms. The Bertz CT molecular complexity index is 861. The number of hydrogen-bond acceptors (Lipinski definition) is 3. The van der Waals surface area contributed by atoms with E-state index in [2.05, 4.69) is 0 Å². The van der Waals surface area contributed by atoms with Crippen molar-refractivity contribution in [2.75, 3.05) is 0 Å². The molecule has 0 unspecified atom stereocenters. The maximum absolute atomic E-state index is 13.5. The Hall–Kier alpha value is -2.53. The van der Waals surface area contributed by atoms with Gasteiger partial charge in [0, 0.05) is 29.9 Å². The van der Waals surface area contributed by atoms with Crippen LogP contribution < -0.4 is 0 Å². The summed E-state index contributed by atoms with van der Waals surface area (Å²) in [4.78, 5) is 23.5. The van der Waals surface area contributed by atoms with Crippen molar-refractivity contribution in [3.05, 3.63) is 70.6 Å². The van der Waals surface area contributed by atoms with E-state index in [-0.39, 0.29) is 24.4 Å². The number of carbonyl (C=O) groups is 2. The molecule has 0 radical (unpaired) electrons. The zero-order valence-corrected chi connectivity index (χ0v) is 16.0. The topological polar surface area (TPSA) is 74.6 Å². The van der Waals surface area contributed by atoms with Crippen molar-refractivity contribution in [2.45, 2.75) is 46.1 Å². The quantitative estimate of drug-likeness (QED) is 0.605. The number of carbonyl (C=O) groups excluding carboxylic acids is 1. The monoisotopic (exact) mass is 372 g/mol. The van der Waals surface area contributed by atoms with Gasteiger partial charge in [-0.1, -0.05) is 32.1 Å². The van der Waals surface area contributed by atoms with E-state index in [1.165, 1.54) is 12.1 Å². The number of rotatable bonds is 5. The van der Waals surface area contributed by atoms with E-state index in [4.69, 9.17) is 5.11 Å². The fourth-order valence-electron chi connectivity index (χ4n) is 3.52. The summed E-state index contributed by atoms with van der Waals surface area (Å²) < 4.78 is 13.5. The molecule has 27 heavy (non-hydrogen) atoms. The fourth-order valence-corrected chi connectivity index (χ4v) is 3.52. The molecule has 1 aliphatic carbocycles. The first-order valence-corrected chi connectivity index (χ1v) is 8.77. The van der Waals surface area contributed by atoms with E-state index in [1.54, 1.807) is 52.0 Å². The third kappa shape index (κ3) is 4.42. The molecule has 0 aliphatic heterocycles. The van der Waals surface area contributed by atoms with E-state index < -0.39 is 17.0 Å². The largest absolute Gasteiger partial charge is 0.478 e. The summed E-state index contributed by atoms with van der Waals surface area (Å²) in [6.45, 7) is 6.93. The Balaban J connectivity index is 2.50. The van der Waals surface area contributed by atoms with Gasteiger partial charge in [0.1, 0.15) is 11.4 Å². The highest BCUT2D eigenvalue weighted by molar-refractivity contribution is 5.98. The Morgan fingerprint density at radius 1 is 1.33 bits per heavy atom. The highest BCUT2D eigenvalue weighted by Crippen LogP contribution is 2.47. The minimum Gasteiger partial charge on any atom is -0.478 e. The molecular formula is C22H25FO4. The summed E-state index contributed by atoms with van der Waals surface area (Å²) in [5.41, 5.74) is -0.0790. The average molecular weight is 372 g/mol. The van der Waals surface area contributed by atoms with Crippen LogP contribution in [0.3, 0.4) is 0 Å². The summed E-state index contributed by atoms with van der Waals surface area (Å²) in [6, 6.07) is 6.05. The first-order valence-electron chi connectivity index (χ1n) is 8.77. The molecule has 1 aromatic rings. The number of allylic oxidation sites excluding steroid dienone is 3. The maximum atomic E-state index is 13.5. The summed E-state index contributed by atoms with van der Waals surface area (Å²) in [7, 11) is 0. The summed E-state index contributed by atoms with van der Waals surface area (Å²) >= 11 is 0. The normalized spacial score (nSPS) is 23.2. The molecule has 0 spiro atoms. The molecule has 1 aromatic carbocycles. The van der Waals surface area contributed by atoms with E-state index in [0.717, 1.165) is 6.08 Å². The Morgan fingerprint density at radius 3 is 2.59 bits per heavy atom. The number of ketones is 1. The number of benzene rings is 1. The molecule has 0 saturated heterocycles. The van der Waals surface area contributed by atoms with Gasteiger partial charge in [0.15, 0.2) is 5.78 Å². The van der Waals surface area contributed by atoms with Crippen molar-refractivity contribution in [3.8, 4) is 0 Å². The van der Waals surface area contributed by atoms with Crippen molar-refractivity contribution in [3.63, 3.8) is 0 Å². The molecular weight excluding hydrogens is 347 g/mol. The van der Waals surface area contributed by atoms with E-state index in [9.17, 15) is 19.1 Å². The van der Waals surface area contributed by atoms with Gasteiger partial charge < -0.3 is 10.2 Å². The maximum Gasteiger partial charge on any atom is 0.328 e. The average Bonchev–Trinajstić information content (AvgIpc) is 2.54. The van der Waals surface area contributed by atoms with Crippen LogP contribution in [-0.4, -0.2) is 27.6 Å². The smallest absolute Gasteiger partial charge is 0.328 e. The molecule has 2 N–H and O–H groups in total. The first-order chi connectivity index (χ1) is 12.5. The molecule has 4 nitrogen and oxygen atoms in total. The highest BCUT2D eigenvalue weighted by Gasteiger charge is 2.49. The molecule has 0 fully saturated rings. The summed E-state index contributed by atoms with van der Waals surface area (Å²) in [5.74, 6) is -1.52. The zero-order chi connectivity index (χ0) is 20.4. The van der Waals surface area contributed by atoms with E-state index >= 15 is 0 Å². The molecule has 0 heterocycles. The van der Waals surface area contributed by atoms with Gasteiger partial charge >= 0.3 is 5.97 Å². The lowest BCUT2D eigenvalue weighted by Gasteiger charge is -2.45. The van der Waals surface area contributed by atoms with Gasteiger partial charge in [0.2, 0.25) is 0 Å². The second-order valence-electron chi connectivity index (χ2n) is 7.72. The van der Waals surface area contributed by atoms with E-state index in [1.807, 2.05) is 0 Å². The highest BCUT2D eigenvalue weighted by atomic mass is 19.1. The van der Waals surface area contributed by atoms with Crippen LogP contribution in [0.5, 0.6) is 0 Å². The van der Waals surface area contributed by atoms with Crippen LogP contribution in [0.2, 0.25) is 0 Å². The number of hydrogen-bond donors (Lipinski definition) is 2. The van der Waals surface area contributed by atoms with Gasteiger partial charge in [-0.3, -0.25) is 4.79 Å². The molecule has 0 aromatic heterocycles. The second kappa shape index (κ2) is 7.61.